The smallest absolute Gasteiger partial charge is 0.105 e. The molecule has 0 radical (unpaired) electrons. The highest BCUT2D eigenvalue weighted by atomic mass is 16.3. The molecule has 156 valence electrons. The maximum absolute atomic E-state index is 11.5. The van der Waals surface area contributed by atoms with E-state index < -0.39 is 5.60 Å². The van der Waals surface area contributed by atoms with Crippen LogP contribution in [0.1, 0.15) is 66.7 Å². The molecule has 0 amide bonds. The van der Waals surface area contributed by atoms with Gasteiger partial charge in [0.15, 0.2) is 0 Å². The van der Waals surface area contributed by atoms with E-state index in [1.54, 1.807) is 11.8 Å². The Labute approximate surface area is 178 Å². The molecule has 3 aromatic rings. The van der Waals surface area contributed by atoms with E-state index in [1.165, 1.54) is 47.8 Å². The Morgan fingerprint density at radius 1 is 1.07 bits per heavy atom. The molecule has 2 fully saturated rings. The number of nitrogens with zero attached hydrogens (tertiary/aromatic N) is 3. The van der Waals surface area contributed by atoms with E-state index in [-0.39, 0.29) is 0 Å². The predicted octanol–water partition coefficient (Wildman–Crippen LogP) is 4.78. The van der Waals surface area contributed by atoms with Crippen molar-refractivity contribution in [2.45, 2.75) is 83.1 Å². The van der Waals surface area contributed by atoms with Crippen molar-refractivity contribution in [1.29, 1.82) is 0 Å². The molecule has 4 heterocycles. The minimum absolute atomic E-state index is 0.560. The highest BCUT2D eigenvalue weighted by Gasteiger charge is 2.48. The van der Waals surface area contributed by atoms with Crippen molar-refractivity contribution in [2.24, 2.45) is 0 Å². The zero-order valence-corrected chi connectivity index (χ0v) is 18.2. The Balaban J connectivity index is 1.50. The molecule has 2 aromatic heterocycles. The maximum atomic E-state index is 11.5. The Morgan fingerprint density at radius 2 is 1.87 bits per heavy atom. The van der Waals surface area contributed by atoms with Gasteiger partial charge in [-0.05, 0) is 81.8 Å². The summed E-state index contributed by atoms with van der Waals surface area (Å²) >= 11 is 0. The van der Waals surface area contributed by atoms with Gasteiger partial charge in [-0.2, -0.15) is 0 Å². The van der Waals surface area contributed by atoms with E-state index in [9.17, 15) is 5.11 Å². The van der Waals surface area contributed by atoms with Crippen molar-refractivity contribution in [1.82, 2.24) is 14.5 Å². The van der Waals surface area contributed by atoms with Gasteiger partial charge in [-0.25, -0.2) is 0 Å². The number of fused-ring (bicyclic) bond motifs is 6. The minimum atomic E-state index is -0.940. The van der Waals surface area contributed by atoms with Crippen LogP contribution in [0.15, 0.2) is 36.5 Å². The SMILES string of the molecule is Cc1ccc2c(c1)c1c(n2CC(C)(O)c2ccnc(C)c2)CC2CCC1N2C1CC1. The van der Waals surface area contributed by atoms with E-state index in [0.29, 0.717) is 18.6 Å². The van der Waals surface area contributed by atoms with Crippen LogP contribution in [0.2, 0.25) is 0 Å². The lowest BCUT2D eigenvalue weighted by Gasteiger charge is -2.36. The van der Waals surface area contributed by atoms with Gasteiger partial charge in [0.05, 0.1) is 6.54 Å². The van der Waals surface area contributed by atoms with Crippen molar-refractivity contribution >= 4 is 10.9 Å². The summed E-state index contributed by atoms with van der Waals surface area (Å²) in [7, 11) is 0. The standard InChI is InChI=1S/C26H31N3O/c1-16-4-8-22-21(12-16)25-23-9-7-20(29(23)19-5-6-19)14-24(25)28(22)15-26(3,30)18-10-11-27-17(2)13-18/h4,8,10-13,19-20,23,30H,5-7,9,14-15H2,1-3H3. The van der Waals surface area contributed by atoms with Crippen LogP contribution in [0.5, 0.6) is 0 Å². The summed E-state index contributed by atoms with van der Waals surface area (Å²) in [5.41, 5.74) is 6.56. The quantitative estimate of drug-likeness (QED) is 0.684. The van der Waals surface area contributed by atoms with Crippen LogP contribution in [0, 0.1) is 13.8 Å². The molecule has 4 nitrogen and oxygen atoms in total. The fraction of sp³-hybridized carbons (Fsp3) is 0.500. The number of pyridine rings is 1. The van der Waals surface area contributed by atoms with Crippen molar-refractivity contribution in [3.05, 3.63) is 64.6 Å². The van der Waals surface area contributed by atoms with Crippen LogP contribution < -0.4 is 0 Å². The van der Waals surface area contributed by atoms with Crippen molar-refractivity contribution in [3.8, 4) is 0 Å². The second-order valence-corrected chi connectivity index (χ2v) is 10.1. The number of rotatable bonds is 4. The van der Waals surface area contributed by atoms with Crippen molar-refractivity contribution in [2.75, 3.05) is 0 Å². The first-order valence-electron chi connectivity index (χ1n) is 11.5. The normalized spacial score (nSPS) is 25.5. The lowest BCUT2D eigenvalue weighted by Crippen LogP contribution is -2.40. The molecular formula is C26H31N3O. The highest BCUT2D eigenvalue weighted by Crippen LogP contribution is 2.52. The summed E-state index contributed by atoms with van der Waals surface area (Å²) in [4.78, 5) is 7.16. The van der Waals surface area contributed by atoms with Gasteiger partial charge in [-0.3, -0.25) is 9.88 Å². The van der Waals surface area contributed by atoms with E-state index in [1.807, 2.05) is 26.0 Å². The second-order valence-electron chi connectivity index (χ2n) is 10.1. The molecule has 3 aliphatic rings. The van der Waals surface area contributed by atoms with Gasteiger partial charge in [0.1, 0.15) is 5.60 Å². The van der Waals surface area contributed by atoms with Gasteiger partial charge in [0, 0.05) is 53.0 Å². The van der Waals surface area contributed by atoms with Gasteiger partial charge < -0.3 is 9.67 Å². The van der Waals surface area contributed by atoms with Crippen LogP contribution in [0.3, 0.4) is 0 Å². The lowest BCUT2D eigenvalue weighted by atomic mass is 9.94. The average Bonchev–Trinajstić information content (AvgIpc) is 3.45. The summed E-state index contributed by atoms with van der Waals surface area (Å²) in [6, 6.07) is 12.9. The van der Waals surface area contributed by atoms with E-state index in [0.717, 1.165) is 23.7 Å². The van der Waals surface area contributed by atoms with Crippen LogP contribution >= 0.6 is 0 Å². The molecule has 1 aromatic carbocycles. The van der Waals surface area contributed by atoms with E-state index in [4.69, 9.17) is 0 Å². The molecule has 2 aliphatic heterocycles. The van der Waals surface area contributed by atoms with Crippen LogP contribution in [0.25, 0.3) is 10.9 Å². The molecule has 0 spiro atoms. The minimum Gasteiger partial charge on any atom is -0.384 e. The summed E-state index contributed by atoms with van der Waals surface area (Å²) in [6.45, 7) is 6.70. The third-order valence-corrected chi connectivity index (χ3v) is 7.64. The molecule has 2 bridgehead atoms. The van der Waals surface area contributed by atoms with Gasteiger partial charge in [-0.15, -0.1) is 0 Å². The third-order valence-electron chi connectivity index (χ3n) is 7.64. The summed E-state index contributed by atoms with van der Waals surface area (Å²) in [6.07, 6.45) is 8.25. The fourth-order valence-corrected chi connectivity index (χ4v) is 6.15. The molecular weight excluding hydrogens is 370 g/mol. The molecule has 3 unspecified atom stereocenters. The van der Waals surface area contributed by atoms with Crippen LogP contribution in [-0.2, 0) is 18.6 Å². The first kappa shape index (κ1) is 18.6. The molecule has 3 atom stereocenters. The van der Waals surface area contributed by atoms with Crippen LogP contribution in [-0.4, -0.2) is 31.6 Å². The van der Waals surface area contributed by atoms with Crippen LogP contribution in [0.4, 0.5) is 0 Å². The van der Waals surface area contributed by atoms with Gasteiger partial charge in [0.2, 0.25) is 0 Å². The number of hydrogen-bond donors (Lipinski definition) is 1. The van der Waals surface area contributed by atoms with E-state index >= 15 is 0 Å². The number of aromatic nitrogens is 2. The van der Waals surface area contributed by atoms with Crippen molar-refractivity contribution in [3.63, 3.8) is 0 Å². The zero-order valence-electron chi connectivity index (χ0n) is 18.2. The summed E-state index contributed by atoms with van der Waals surface area (Å²) in [5, 5.41) is 12.9. The number of benzene rings is 1. The lowest BCUT2D eigenvalue weighted by molar-refractivity contribution is 0.0378. The third kappa shape index (κ3) is 2.77. The molecule has 1 saturated carbocycles. The second kappa shape index (κ2) is 6.41. The van der Waals surface area contributed by atoms with E-state index in [2.05, 4.69) is 39.6 Å². The Bertz CT molecular complexity index is 1140. The first-order valence-corrected chi connectivity index (χ1v) is 11.5. The molecule has 1 N–H and O–H groups in total. The molecule has 1 saturated heterocycles. The monoisotopic (exact) mass is 401 g/mol. The summed E-state index contributed by atoms with van der Waals surface area (Å²) in [5.74, 6) is 0. The molecule has 30 heavy (non-hydrogen) atoms. The first-order chi connectivity index (χ1) is 14.4. The Kier molecular flexibility index (Phi) is 3.97. The van der Waals surface area contributed by atoms with Gasteiger partial charge in [0.25, 0.3) is 0 Å². The number of aliphatic hydroxyl groups is 1. The topological polar surface area (TPSA) is 41.3 Å². The Morgan fingerprint density at radius 3 is 2.63 bits per heavy atom. The summed E-state index contributed by atoms with van der Waals surface area (Å²) < 4.78 is 2.44. The molecule has 4 heteroatoms. The predicted molar refractivity (Wildman–Crippen MR) is 120 cm³/mol. The van der Waals surface area contributed by atoms with Gasteiger partial charge in [-0.1, -0.05) is 11.6 Å². The fourth-order valence-electron chi connectivity index (χ4n) is 6.15. The highest BCUT2D eigenvalue weighted by molar-refractivity contribution is 5.87. The maximum Gasteiger partial charge on any atom is 0.105 e. The number of hydrogen-bond acceptors (Lipinski definition) is 3. The average molecular weight is 402 g/mol. The molecule has 1 aliphatic carbocycles. The number of aryl methyl sites for hydroxylation is 2. The zero-order chi connectivity index (χ0) is 20.6. The Hall–Kier alpha value is -2.17. The largest absolute Gasteiger partial charge is 0.384 e. The van der Waals surface area contributed by atoms with Crippen molar-refractivity contribution < 1.29 is 5.11 Å². The molecule has 6 rings (SSSR count). The van der Waals surface area contributed by atoms with Gasteiger partial charge >= 0.3 is 0 Å².